The van der Waals surface area contributed by atoms with Crippen molar-refractivity contribution in [1.82, 2.24) is 0 Å². The number of anilines is 1. The summed E-state index contributed by atoms with van der Waals surface area (Å²) in [5.41, 5.74) is 0.749. The van der Waals surface area contributed by atoms with Gasteiger partial charge in [0.1, 0.15) is 5.75 Å². The summed E-state index contributed by atoms with van der Waals surface area (Å²) in [5.74, 6) is 0.316. The van der Waals surface area contributed by atoms with Gasteiger partial charge in [-0.2, -0.15) is 0 Å². The van der Waals surface area contributed by atoms with Gasteiger partial charge in [0.2, 0.25) is 5.91 Å². The maximum Gasteiger partial charge on any atom is 0.228 e. The molecule has 0 bridgehead atoms. The molecule has 1 aliphatic carbocycles. The van der Waals surface area contributed by atoms with Crippen molar-refractivity contribution in [3.63, 3.8) is 0 Å². The molecule has 1 aromatic rings. The Balaban J connectivity index is 2.07. The van der Waals surface area contributed by atoms with E-state index in [1.807, 2.05) is 0 Å². The second-order valence-corrected chi connectivity index (χ2v) is 5.47. The summed E-state index contributed by atoms with van der Waals surface area (Å²) in [6.07, 6.45) is 3.17. The second-order valence-electron chi connectivity index (χ2n) is 5.47. The predicted octanol–water partition coefficient (Wildman–Crippen LogP) is 3.16. The van der Waals surface area contributed by atoms with E-state index in [2.05, 4.69) is 19.2 Å². The standard InChI is InChI=1S/C14H19NO2/c1-14(2)8-4-7-12(14)13(17)15-10-5-3-6-11(16)9-10/h3,5-6,9,12,16H,4,7-8H2,1-2H3,(H,15,17). The topological polar surface area (TPSA) is 49.3 Å². The fraction of sp³-hybridized carbons (Fsp3) is 0.500. The van der Waals surface area contributed by atoms with Gasteiger partial charge >= 0.3 is 0 Å². The van der Waals surface area contributed by atoms with Crippen LogP contribution in [-0.2, 0) is 4.79 Å². The van der Waals surface area contributed by atoms with Gasteiger partial charge < -0.3 is 10.4 Å². The molecule has 1 saturated carbocycles. The third kappa shape index (κ3) is 2.60. The van der Waals surface area contributed by atoms with Crippen LogP contribution in [0.15, 0.2) is 24.3 Å². The number of carbonyl (C=O) groups excluding carboxylic acids is 1. The number of aromatic hydroxyl groups is 1. The van der Waals surface area contributed by atoms with Gasteiger partial charge in [0.15, 0.2) is 0 Å². The number of hydrogen-bond acceptors (Lipinski definition) is 2. The van der Waals surface area contributed by atoms with Crippen LogP contribution < -0.4 is 5.32 Å². The van der Waals surface area contributed by atoms with E-state index in [1.54, 1.807) is 24.3 Å². The molecular weight excluding hydrogens is 214 g/mol. The number of phenols is 1. The number of nitrogens with one attached hydrogen (secondary N) is 1. The van der Waals surface area contributed by atoms with Crippen molar-refractivity contribution in [1.29, 1.82) is 0 Å². The Kier molecular flexibility index (Phi) is 3.09. The SMILES string of the molecule is CC1(C)CCCC1C(=O)Nc1cccc(O)c1. The molecule has 1 aromatic carbocycles. The van der Waals surface area contributed by atoms with Gasteiger partial charge in [-0.1, -0.05) is 26.3 Å². The summed E-state index contributed by atoms with van der Waals surface area (Å²) in [5, 5.41) is 12.2. The van der Waals surface area contributed by atoms with Crippen molar-refractivity contribution < 1.29 is 9.90 Å². The van der Waals surface area contributed by atoms with E-state index in [1.165, 1.54) is 0 Å². The number of phenolic OH excluding ortho intramolecular Hbond substituents is 1. The fourth-order valence-corrected chi connectivity index (χ4v) is 2.63. The van der Waals surface area contributed by atoms with Crippen molar-refractivity contribution >= 4 is 11.6 Å². The molecule has 3 heteroatoms. The van der Waals surface area contributed by atoms with Crippen LogP contribution in [0.25, 0.3) is 0 Å². The molecule has 1 atom stereocenters. The molecule has 2 N–H and O–H groups in total. The lowest BCUT2D eigenvalue weighted by Crippen LogP contribution is -2.30. The first-order chi connectivity index (χ1) is 7.99. The highest BCUT2D eigenvalue weighted by atomic mass is 16.3. The molecule has 92 valence electrons. The average Bonchev–Trinajstić information content (AvgIpc) is 2.58. The van der Waals surface area contributed by atoms with Gasteiger partial charge in [-0.25, -0.2) is 0 Å². The van der Waals surface area contributed by atoms with Gasteiger partial charge in [0.25, 0.3) is 0 Å². The minimum absolute atomic E-state index is 0.0677. The highest BCUT2D eigenvalue weighted by Gasteiger charge is 2.39. The molecule has 0 spiro atoms. The summed E-state index contributed by atoms with van der Waals surface area (Å²) < 4.78 is 0. The van der Waals surface area contributed by atoms with Crippen LogP contribution in [0, 0.1) is 11.3 Å². The van der Waals surface area contributed by atoms with Crippen LogP contribution in [0.2, 0.25) is 0 Å². The molecule has 3 nitrogen and oxygen atoms in total. The zero-order chi connectivity index (χ0) is 12.5. The molecule has 17 heavy (non-hydrogen) atoms. The minimum atomic E-state index is 0.0677. The van der Waals surface area contributed by atoms with Gasteiger partial charge in [0.05, 0.1) is 0 Å². The van der Waals surface area contributed by atoms with Crippen LogP contribution in [0.1, 0.15) is 33.1 Å². The van der Waals surface area contributed by atoms with E-state index in [9.17, 15) is 9.90 Å². The van der Waals surface area contributed by atoms with E-state index in [0.29, 0.717) is 5.69 Å². The molecule has 0 aliphatic heterocycles. The Bertz CT molecular complexity index is 426. The van der Waals surface area contributed by atoms with Gasteiger partial charge in [-0.15, -0.1) is 0 Å². The monoisotopic (exact) mass is 233 g/mol. The molecule has 0 aromatic heterocycles. The molecule has 1 fully saturated rings. The summed E-state index contributed by atoms with van der Waals surface area (Å²) in [4.78, 5) is 12.1. The quantitative estimate of drug-likeness (QED) is 0.824. The van der Waals surface area contributed by atoms with Gasteiger partial charge in [-0.05, 0) is 30.4 Å². The van der Waals surface area contributed by atoms with E-state index in [0.717, 1.165) is 19.3 Å². The van der Waals surface area contributed by atoms with Crippen LogP contribution in [-0.4, -0.2) is 11.0 Å². The molecule has 1 unspecified atom stereocenters. The van der Waals surface area contributed by atoms with Gasteiger partial charge in [-0.3, -0.25) is 4.79 Å². The molecular formula is C14H19NO2. The Morgan fingerprint density at radius 3 is 2.82 bits per heavy atom. The lowest BCUT2D eigenvalue weighted by molar-refractivity contribution is -0.122. The minimum Gasteiger partial charge on any atom is -0.508 e. The van der Waals surface area contributed by atoms with Crippen molar-refractivity contribution in [2.45, 2.75) is 33.1 Å². The number of carbonyl (C=O) groups is 1. The Labute approximate surface area is 102 Å². The summed E-state index contributed by atoms with van der Waals surface area (Å²) >= 11 is 0. The predicted molar refractivity (Wildman–Crippen MR) is 67.9 cm³/mol. The normalized spacial score (nSPS) is 22.4. The van der Waals surface area contributed by atoms with Crippen LogP contribution >= 0.6 is 0 Å². The van der Waals surface area contributed by atoms with Crippen molar-refractivity contribution in [2.24, 2.45) is 11.3 Å². The van der Waals surface area contributed by atoms with Gasteiger partial charge in [0, 0.05) is 17.7 Å². The molecule has 0 heterocycles. The maximum absolute atomic E-state index is 12.1. The maximum atomic E-state index is 12.1. The zero-order valence-corrected chi connectivity index (χ0v) is 10.4. The Morgan fingerprint density at radius 2 is 2.24 bits per heavy atom. The first-order valence-corrected chi connectivity index (χ1v) is 6.09. The number of hydrogen-bond donors (Lipinski definition) is 2. The van der Waals surface area contributed by atoms with E-state index < -0.39 is 0 Å². The van der Waals surface area contributed by atoms with E-state index in [-0.39, 0.29) is 23.0 Å². The number of amides is 1. The van der Waals surface area contributed by atoms with Crippen LogP contribution in [0.3, 0.4) is 0 Å². The summed E-state index contributed by atoms with van der Waals surface area (Å²) in [6.45, 7) is 4.29. The van der Waals surface area contributed by atoms with E-state index in [4.69, 9.17) is 0 Å². The highest BCUT2D eigenvalue weighted by Crippen LogP contribution is 2.43. The first kappa shape index (κ1) is 12.0. The number of benzene rings is 1. The molecule has 1 amide bonds. The van der Waals surface area contributed by atoms with Crippen molar-refractivity contribution in [3.8, 4) is 5.75 Å². The van der Waals surface area contributed by atoms with Crippen molar-refractivity contribution in [2.75, 3.05) is 5.32 Å². The molecule has 0 saturated heterocycles. The van der Waals surface area contributed by atoms with E-state index >= 15 is 0 Å². The van der Waals surface area contributed by atoms with Crippen LogP contribution in [0.4, 0.5) is 5.69 Å². The lowest BCUT2D eigenvalue weighted by atomic mass is 9.81. The lowest BCUT2D eigenvalue weighted by Gasteiger charge is -2.25. The molecule has 2 rings (SSSR count). The van der Waals surface area contributed by atoms with Crippen LogP contribution in [0.5, 0.6) is 5.75 Å². The third-order valence-corrected chi connectivity index (χ3v) is 3.69. The summed E-state index contributed by atoms with van der Waals surface area (Å²) in [7, 11) is 0. The number of rotatable bonds is 2. The average molecular weight is 233 g/mol. The third-order valence-electron chi connectivity index (χ3n) is 3.69. The second kappa shape index (κ2) is 4.40. The highest BCUT2D eigenvalue weighted by molar-refractivity contribution is 5.93. The molecule has 1 aliphatic rings. The fourth-order valence-electron chi connectivity index (χ4n) is 2.63. The largest absolute Gasteiger partial charge is 0.508 e. The van der Waals surface area contributed by atoms with Crippen molar-refractivity contribution in [3.05, 3.63) is 24.3 Å². The smallest absolute Gasteiger partial charge is 0.228 e. The first-order valence-electron chi connectivity index (χ1n) is 6.09. The summed E-state index contributed by atoms with van der Waals surface area (Å²) in [6, 6.07) is 6.68. The molecule has 0 radical (unpaired) electrons. The zero-order valence-electron chi connectivity index (χ0n) is 10.4. The Morgan fingerprint density at radius 1 is 1.47 bits per heavy atom. The Hall–Kier alpha value is -1.51.